The van der Waals surface area contributed by atoms with Gasteiger partial charge >= 0.3 is 0 Å². The molecule has 1 amide bonds. The van der Waals surface area contributed by atoms with E-state index in [-0.39, 0.29) is 11.8 Å². The van der Waals surface area contributed by atoms with Crippen LogP contribution in [0, 0.1) is 6.92 Å². The maximum Gasteiger partial charge on any atom is 0.251 e. The van der Waals surface area contributed by atoms with Gasteiger partial charge in [-0.05, 0) is 25.0 Å². The molecule has 0 spiro atoms. The van der Waals surface area contributed by atoms with Gasteiger partial charge in [0, 0.05) is 16.6 Å². The molecule has 0 fully saturated rings. The first-order valence-corrected chi connectivity index (χ1v) is 7.58. The molecule has 106 valence electrons. The van der Waals surface area contributed by atoms with Gasteiger partial charge in [0.25, 0.3) is 5.91 Å². The summed E-state index contributed by atoms with van der Waals surface area (Å²) in [6.45, 7) is 6.38. The van der Waals surface area contributed by atoms with Gasteiger partial charge in [-0.1, -0.05) is 25.4 Å². The number of nitrogens with one attached hydrogen (secondary N) is 1. The van der Waals surface area contributed by atoms with Gasteiger partial charge < -0.3 is 5.32 Å². The van der Waals surface area contributed by atoms with Crippen LogP contribution in [-0.2, 0) is 6.54 Å². The van der Waals surface area contributed by atoms with Gasteiger partial charge in [-0.2, -0.15) is 0 Å². The Labute approximate surface area is 127 Å². The molecule has 0 saturated heterocycles. The van der Waals surface area contributed by atoms with Crippen LogP contribution >= 0.6 is 22.9 Å². The summed E-state index contributed by atoms with van der Waals surface area (Å²) in [5.41, 5.74) is 2.21. The molecule has 6 heteroatoms. The number of pyridine rings is 1. The number of rotatable bonds is 4. The summed E-state index contributed by atoms with van der Waals surface area (Å²) in [7, 11) is 0. The van der Waals surface area contributed by atoms with Gasteiger partial charge in [0.1, 0.15) is 5.15 Å². The van der Waals surface area contributed by atoms with E-state index in [0.29, 0.717) is 17.3 Å². The molecule has 0 aliphatic rings. The number of carbonyl (C=O) groups excluding carboxylic acids is 1. The number of aromatic nitrogens is 2. The highest BCUT2D eigenvalue weighted by molar-refractivity contribution is 7.09. The predicted octanol–water partition coefficient (Wildman–Crippen LogP) is 3.55. The fourth-order valence-corrected chi connectivity index (χ4v) is 2.53. The van der Waals surface area contributed by atoms with Gasteiger partial charge in [0.2, 0.25) is 0 Å². The predicted molar refractivity (Wildman–Crippen MR) is 81.4 cm³/mol. The van der Waals surface area contributed by atoms with E-state index in [9.17, 15) is 4.79 Å². The number of hydrogen-bond donors (Lipinski definition) is 1. The van der Waals surface area contributed by atoms with Crippen molar-refractivity contribution in [3.8, 4) is 0 Å². The van der Waals surface area contributed by atoms with Crippen molar-refractivity contribution in [3.05, 3.63) is 44.6 Å². The minimum Gasteiger partial charge on any atom is -0.346 e. The van der Waals surface area contributed by atoms with Crippen LogP contribution in [0.2, 0.25) is 5.15 Å². The van der Waals surface area contributed by atoms with Gasteiger partial charge in [0.15, 0.2) is 0 Å². The first-order chi connectivity index (χ1) is 9.45. The number of aryl methyl sites for hydroxylation is 1. The van der Waals surface area contributed by atoms with Crippen molar-refractivity contribution in [2.24, 2.45) is 0 Å². The Bertz CT molecular complexity index is 625. The van der Waals surface area contributed by atoms with Crippen LogP contribution in [0.25, 0.3) is 0 Å². The summed E-state index contributed by atoms with van der Waals surface area (Å²) < 4.78 is 0. The number of hydrogen-bond acceptors (Lipinski definition) is 4. The summed E-state index contributed by atoms with van der Waals surface area (Å²) in [5, 5.41) is 6.11. The molecule has 0 unspecified atom stereocenters. The van der Waals surface area contributed by atoms with E-state index >= 15 is 0 Å². The van der Waals surface area contributed by atoms with Crippen LogP contribution in [0.3, 0.4) is 0 Å². The smallest absolute Gasteiger partial charge is 0.251 e. The van der Waals surface area contributed by atoms with E-state index in [1.54, 1.807) is 23.5 Å². The zero-order chi connectivity index (χ0) is 14.7. The van der Waals surface area contributed by atoms with E-state index in [2.05, 4.69) is 15.3 Å². The number of amides is 1. The fraction of sp³-hybridized carbons (Fsp3) is 0.357. The molecule has 20 heavy (non-hydrogen) atoms. The lowest BCUT2D eigenvalue weighted by molar-refractivity contribution is 0.0950. The van der Waals surface area contributed by atoms with Crippen LogP contribution in [0.15, 0.2) is 17.5 Å². The summed E-state index contributed by atoms with van der Waals surface area (Å²) in [6, 6.07) is 3.35. The van der Waals surface area contributed by atoms with E-state index in [4.69, 9.17) is 11.6 Å². The van der Waals surface area contributed by atoms with Crippen LogP contribution in [0.1, 0.15) is 46.5 Å². The molecule has 2 aromatic heterocycles. The molecule has 0 saturated carbocycles. The Morgan fingerprint density at radius 2 is 2.15 bits per heavy atom. The van der Waals surface area contributed by atoms with E-state index in [0.717, 1.165) is 16.4 Å². The molecule has 1 N–H and O–H groups in total. The average molecular weight is 310 g/mol. The Hall–Kier alpha value is -1.46. The second-order valence-electron chi connectivity index (χ2n) is 4.80. The topological polar surface area (TPSA) is 54.9 Å². The fourth-order valence-electron chi connectivity index (χ4n) is 1.71. The highest BCUT2D eigenvalue weighted by Crippen LogP contribution is 2.17. The zero-order valence-corrected chi connectivity index (χ0v) is 13.2. The SMILES string of the molecule is Cc1nc(CNC(=O)c2cc(Cl)nc(C(C)C)c2)cs1. The maximum atomic E-state index is 12.1. The zero-order valence-electron chi connectivity index (χ0n) is 11.6. The van der Waals surface area contributed by atoms with Gasteiger partial charge in [0.05, 0.1) is 17.2 Å². The summed E-state index contributed by atoms with van der Waals surface area (Å²) in [5.74, 6) is 0.0586. The highest BCUT2D eigenvalue weighted by Gasteiger charge is 2.11. The minimum absolute atomic E-state index is 0.165. The second-order valence-corrected chi connectivity index (χ2v) is 6.25. The van der Waals surface area contributed by atoms with E-state index in [1.165, 1.54) is 0 Å². The van der Waals surface area contributed by atoms with Crippen LogP contribution in [0.5, 0.6) is 0 Å². The second kappa shape index (κ2) is 6.33. The molecule has 4 nitrogen and oxygen atoms in total. The third kappa shape index (κ3) is 3.77. The quantitative estimate of drug-likeness (QED) is 0.879. The molecule has 0 atom stereocenters. The number of thiazole rings is 1. The molecule has 2 rings (SSSR count). The average Bonchev–Trinajstić information content (AvgIpc) is 2.81. The molecule has 0 aliphatic heterocycles. The monoisotopic (exact) mass is 309 g/mol. The number of nitrogens with zero attached hydrogens (tertiary/aromatic N) is 2. The molecule has 2 aromatic rings. The minimum atomic E-state index is -0.165. The van der Waals surface area contributed by atoms with Crippen molar-refractivity contribution in [3.63, 3.8) is 0 Å². The van der Waals surface area contributed by atoms with Crippen molar-refractivity contribution in [1.29, 1.82) is 0 Å². The first kappa shape index (κ1) is 14.9. The van der Waals surface area contributed by atoms with Gasteiger partial charge in [-0.3, -0.25) is 4.79 Å². The van der Waals surface area contributed by atoms with Gasteiger partial charge in [-0.25, -0.2) is 9.97 Å². The van der Waals surface area contributed by atoms with E-state index in [1.807, 2.05) is 26.2 Å². The molecular formula is C14H16ClN3OS. The number of carbonyl (C=O) groups is 1. The largest absolute Gasteiger partial charge is 0.346 e. The van der Waals surface area contributed by atoms with Crippen molar-refractivity contribution >= 4 is 28.8 Å². The van der Waals surface area contributed by atoms with Crippen molar-refractivity contribution < 1.29 is 4.79 Å². The first-order valence-electron chi connectivity index (χ1n) is 6.32. The third-order valence-electron chi connectivity index (χ3n) is 2.76. The Kier molecular flexibility index (Phi) is 4.73. The lowest BCUT2D eigenvalue weighted by atomic mass is 10.1. The standard InChI is InChI=1S/C14H16ClN3OS/c1-8(2)12-4-10(5-13(15)18-12)14(19)16-6-11-7-20-9(3)17-11/h4-5,7-8H,6H2,1-3H3,(H,16,19). The molecular weight excluding hydrogens is 294 g/mol. The maximum absolute atomic E-state index is 12.1. The number of halogens is 1. The summed E-state index contributed by atoms with van der Waals surface area (Å²) >= 11 is 7.52. The molecule has 0 aliphatic carbocycles. The van der Waals surface area contributed by atoms with Crippen molar-refractivity contribution in [2.75, 3.05) is 0 Å². The van der Waals surface area contributed by atoms with Crippen LogP contribution < -0.4 is 5.32 Å². The normalized spacial score (nSPS) is 10.8. The Balaban J connectivity index is 2.09. The summed E-state index contributed by atoms with van der Waals surface area (Å²) in [6.07, 6.45) is 0. The molecule has 2 heterocycles. The van der Waals surface area contributed by atoms with Gasteiger partial charge in [-0.15, -0.1) is 11.3 Å². The van der Waals surface area contributed by atoms with Crippen molar-refractivity contribution in [2.45, 2.75) is 33.2 Å². The van der Waals surface area contributed by atoms with Crippen molar-refractivity contribution in [1.82, 2.24) is 15.3 Å². The highest BCUT2D eigenvalue weighted by atomic mass is 35.5. The van der Waals surface area contributed by atoms with Crippen LogP contribution in [-0.4, -0.2) is 15.9 Å². The molecule has 0 bridgehead atoms. The van der Waals surface area contributed by atoms with Crippen LogP contribution in [0.4, 0.5) is 0 Å². The molecule has 0 radical (unpaired) electrons. The lowest BCUT2D eigenvalue weighted by Crippen LogP contribution is -2.23. The Morgan fingerprint density at radius 3 is 2.75 bits per heavy atom. The van der Waals surface area contributed by atoms with E-state index < -0.39 is 0 Å². The molecule has 0 aromatic carbocycles. The lowest BCUT2D eigenvalue weighted by Gasteiger charge is -2.08. The third-order valence-corrected chi connectivity index (χ3v) is 3.78. The Morgan fingerprint density at radius 1 is 1.40 bits per heavy atom. The summed E-state index contributed by atoms with van der Waals surface area (Å²) in [4.78, 5) is 20.6.